The van der Waals surface area contributed by atoms with Crippen molar-refractivity contribution in [1.29, 1.82) is 0 Å². The standard InChI is InChI=1S/C17H17Cl2NO/c18-15-5-2-6-16(19)14(15)8-7-12-3-1-4-13(11-12)17(21)9-10-20/h1-8,11,17,21H,9-10,20H2/t17-/m1/s1. The summed E-state index contributed by atoms with van der Waals surface area (Å²) in [6.45, 7) is 0.455. The minimum atomic E-state index is -0.535. The largest absolute Gasteiger partial charge is 0.388 e. The van der Waals surface area contributed by atoms with Crippen LogP contribution in [0, 0.1) is 0 Å². The van der Waals surface area contributed by atoms with Gasteiger partial charge in [-0.3, -0.25) is 0 Å². The van der Waals surface area contributed by atoms with Crippen LogP contribution in [0.15, 0.2) is 42.5 Å². The van der Waals surface area contributed by atoms with Gasteiger partial charge in [-0.25, -0.2) is 0 Å². The summed E-state index contributed by atoms with van der Waals surface area (Å²) in [4.78, 5) is 0. The van der Waals surface area contributed by atoms with Crippen LogP contribution in [0.2, 0.25) is 10.0 Å². The Bertz CT molecular complexity index is 620. The van der Waals surface area contributed by atoms with Crippen LogP contribution in [0.3, 0.4) is 0 Å². The van der Waals surface area contributed by atoms with Gasteiger partial charge in [0.1, 0.15) is 0 Å². The molecule has 0 saturated carbocycles. The molecule has 3 N–H and O–H groups in total. The molecule has 0 fully saturated rings. The molecular formula is C17H17Cl2NO. The van der Waals surface area contributed by atoms with Crippen molar-refractivity contribution in [2.75, 3.05) is 6.54 Å². The maximum absolute atomic E-state index is 9.97. The molecule has 0 aliphatic rings. The number of hydrogen-bond acceptors (Lipinski definition) is 2. The van der Waals surface area contributed by atoms with Gasteiger partial charge in [0.25, 0.3) is 0 Å². The highest BCUT2D eigenvalue weighted by Gasteiger charge is 2.06. The Morgan fingerprint density at radius 2 is 1.71 bits per heavy atom. The zero-order chi connectivity index (χ0) is 15.2. The topological polar surface area (TPSA) is 46.2 Å². The lowest BCUT2D eigenvalue weighted by molar-refractivity contribution is 0.170. The molecule has 0 amide bonds. The van der Waals surface area contributed by atoms with Crippen molar-refractivity contribution in [3.8, 4) is 0 Å². The SMILES string of the molecule is NCC[C@@H](O)c1cccc(C=Cc2c(Cl)cccc2Cl)c1. The number of nitrogens with two attached hydrogens (primary N) is 1. The third-order valence-electron chi connectivity index (χ3n) is 3.18. The van der Waals surface area contributed by atoms with Gasteiger partial charge >= 0.3 is 0 Å². The van der Waals surface area contributed by atoms with Gasteiger partial charge in [0.05, 0.1) is 6.10 Å². The van der Waals surface area contributed by atoms with Crippen LogP contribution in [0.1, 0.15) is 29.2 Å². The van der Waals surface area contributed by atoms with Crippen molar-refractivity contribution < 1.29 is 5.11 Å². The molecule has 0 aliphatic carbocycles. The van der Waals surface area contributed by atoms with E-state index in [2.05, 4.69) is 0 Å². The first-order valence-electron chi connectivity index (χ1n) is 6.72. The number of hydrogen-bond donors (Lipinski definition) is 2. The molecule has 0 spiro atoms. The monoisotopic (exact) mass is 321 g/mol. The van der Waals surface area contributed by atoms with Crippen molar-refractivity contribution in [1.82, 2.24) is 0 Å². The van der Waals surface area contributed by atoms with Gasteiger partial charge in [-0.1, -0.05) is 59.6 Å². The van der Waals surface area contributed by atoms with Crippen LogP contribution < -0.4 is 5.73 Å². The second-order valence-electron chi connectivity index (χ2n) is 4.73. The zero-order valence-electron chi connectivity index (χ0n) is 11.5. The van der Waals surface area contributed by atoms with E-state index in [9.17, 15) is 5.11 Å². The summed E-state index contributed by atoms with van der Waals surface area (Å²) in [7, 11) is 0. The highest BCUT2D eigenvalue weighted by atomic mass is 35.5. The van der Waals surface area contributed by atoms with Crippen LogP contribution in [-0.2, 0) is 0 Å². The van der Waals surface area contributed by atoms with Crippen LogP contribution >= 0.6 is 23.2 Å². The number of aliphatic hydroxyl groups is 1. The summed E-state index contributed by atoms with van der Waals surface area (Å²) in [6, 6.07) is 13.1. The molecule has 21 heavy (non-hydrogen) atoms. The lowest BCUT2D eigenvalue weighted by Crippen LogP contribution is -2.06. The van der Waals surface area contributed by atoms with Gasteiger partial charge in [-0.15, -0.1) is 0 Å². The quantitative estimate of drug-likeness (QED) is 0.794. The highest BCUT2D eigenvalue weighted by Crippen LogP contribution is 2.26. The number of halogens is 2. The van der Waals surface area contributed by atoms with Gasteiger partial charge in [-0.2, -0.15) is 0 Å². The van der Waals surface area contributed by atoms with E-state index in [1.54, 1.807) is 12.1 Å². The minimum Gasteiger partial charge on any atom is -0.388 e. The van der Waals surface area contributed by atoms with E-state index in [4.69, 9.17) is 28.9 Å². The molecule has 4 heteroatoms. The van der Waals surface area contributed by atoms with Crippen LogP contribution in [0.25, 0.3) is 12.2 Å². The molecule has 0 unspecified atom stereocenters. The van der Waals surface area contributed by atoms with Crippen molar-refractivity contribution in [2.45, 2.75) is 12.5 Å². The number of aliphatic hydroxyl groups excluding tert-OH is 1. The first-order valence-corrected chi connectivity index (χ1v) is 7.47. The fourth-order valence-corrected chi connectivity index (χ4v) is 2.57. The third-order valence-corrected chi connectivity index (χ3v) is 3.84. The summed E-state index contributed by atoms with van der Waals surface area (Å²) in [5.41, 5.74) is 8.08. The van der Waals surface area contributed by atoms with E-state index in [1.165, 1.54) is 0 Å². The predicted molar refractivity (Wildman–Crippen MR) is 90.5 cm³/mol. The molecule has 0 radical (unpaired) electrons. The van der Waals surface area contributed by atoms with E-state index in [0.717, 1.165) is 16.7 Å². The van der Waals surface area contributed by atoms with E-state index >= 15 is 0 Å². The fraction of sp³-hybridized carbons (Fsp3) is 0.176. The maximum Gasteiger partial charge on any atom is 0.0802 e. The van der Waals surface area contributed by atoms with Gasteiger partial charge in [0.15, 0.2) is 0 Å². The molecule has 110 valence electrons. The molecular weight excluding hydrogens is 305 g/mol. The van der Waals surface area contributed by atoms with Gasteiger partial charge in [0, 0.05) is 15.6 Å². The average molecular weight is 322 g/mol. The Hall–Kier alpha value is -1.32. The van der Waals surface area contributed by atoms with E-state index in [-0.39, 0.29) is 0 Å². The van der Waals surface area contributed by atoms with E-state index < -0.39 is 6.10 Å². The predicted octanol–water partition coefficient (Wildman–Crippen LogP) is 4.55. The fourth-order valence-electron chi connectivity index (χ4n) is 2.04. The molecule has 0 saturated heterocycles. The molecule has 1 atom stereocenters. The van der Waals surface area contributed by atoms with E-state index in [1.807, 2.05) is 42.5 Å². The number of benzene rings is 2. The second kappa shape index (κ2) is 7.62. The van der Waals surface area contributed by atoms with Crippen molar-refractivity contribution in [3.63, 3.8) is 0 Å². The second-order valence-corrected chi connectivity index (χ2v) is 5.55. The Morgan fingerprint density at radius 1 is 1.05 bits per heavy atom. The molecule has 0 aromatic heterocycles. The van der Waals surface area contributed by atoms with Crippen LogP contribution in [-0.4, -0.2) is 11.7 Å². The lowest BCUT2D eigenvalue weighted by Gasteiger charge is -2.10. The average Bonchev–Trinajstić information content (AvgIpc) is 2.47. The molecule has 2 aromatic rings. The summed E-state index contributed by atoms with van der Waals surface area (Å²) in [5, 5.41) is 11.2. The van der Waals surface area contributed by atoms with Gasteiger partial charge in [-0.05, 0) is 42.3 Å². The zero-order valence-corrected chi connectivity index (χ0v) is 13.0. The third kappa shape index (κ3) is 4.32. The first kappa shape index (κ1) is 16.1. The Labute approximate surface area is 134 Å². The first-order chi connectivity index (χ1) is 10.1. The number of rotatable bonds is 5. The summed E-state index contributed by atoms with van der Waals surface area (Å²) in [6.07, 6.45) is 3.81. The smallest absolute Gasteiger partial charge is 0.0802 e. The molecule has 0 heterocycles. The maximum atomic E-state index is 9.97. The van der Waals surface area contributed by atoms with Gasteiger partial charge < -0.3 is 10.8 Å². The normalized spacial score (nSPS) is 12.8. The molecule has 2 rings (SSSR count). The summed E-state index contributed by atoms with van der Waals surface area (Å²) in [5.74, 6) is 0. The van der Waals surface area contributed by atoms with Crippen molar-refractivity contribution in [2.24, 2.45) is 5.73 Å². The molecule has 0 bridgehead atoms. The molecule has 2 aromatic carbocycles. The summed E-state index contributed by atoms with van der Waals surface area (Å²) >= 11 is 12.3. The van der Waals surface area contributed by atoms with E-state index in [0.29, 0.717) is 23.0 Å². The molecule has 0 aliphatic heterocycles. The molecule has 2 nitrogen and oxygen atoms in total. The Kier molecular flexibility index (Phi) is 5.83. The van der Waals surface area contributed by atoms with Crippen LogP contribution in [0.4, 0.5) is 0 Å². The van der Waals surface area contributed by atoms with Crippen molar-refractivity contribution in [3.05, 3.63) is 69.2 Å². The lowest BCUT2D eigenvalue weighted by atomic mass is 10.0. The minimum absolute atomic E-state index is 0.455. The van der Waals surface area contributed by atoms with Crippen LogP contribution in [0.5, 0.6) is 0 Å². The summed E-state index contributed by atoms with van der Waals surface area (Å²) < 4.78 is 0. The van der Waals surface area contributed by atoms with Crippen molar-refractivity contribution >= 4 is 35.4 Å². The Morgan fingerprint density at radius 3 is 2.38 bits per heavy atom. The Balaban J connectivity index is 2.23. The highest BCUT2D eigenvalue weighted by molar-refractivity contribution is 6.37. The van der Waals surface area contributed by atoms with Gasteiger partial charge in [0.2, 0.25) is 0 Å².